The minimum absolute atomic E-state index is 0.147. The van der Waals surface area contributed by atoms with E-state index in [9.17, 15) is 4.79 Å². The highest BCUT2D eigenvalue weighted by atomic mass is 16.5. The number of ether oxygens (including phenoxy) is 1. The molecule has 2 saturated heterocycles. The lowest BCUT2D eigenvalue weighted by Gasteiger charge is -2.40. The first-order valence-corrected chi connectivity index (χ1v) is 7.87. The number of hydrogen-bond acceptors (Lipinski definition) is 3. The highest BCUT2D eigenvalue weighted by Gasteiger charge is 2.39. The second-order valence-electron chi connectivity index (χ2n) is 6.27. The third-order valence-corrected chi connectivity index (χ3v) is 5.21. The van der Waals surface area contributed by atoms with Gasteiger partial charge in [-0.3, -0.25) is 9.69 Å². The lowest BCUT2D eigenvalue weighted by Crippen LogP contribution is -2.53. The van der Waals surface area contributed by atoms with Gasteiger partial charge >= 0.3 is 0 Å². The topological polar surface area (TPSA) is 32.8 Å². The van der Waals surface area contributed by atoms with Crippen molar-refractivity contribution in [2.75, 3.05) is 26.8 Å². The summed E-state index contributed by atoms with van der Waals surface area (Å²) < 4.78 is 5.45. The molecule has 0 radical (unpaired) electrons. The van der Waals surface area contributed by atoms with Crippen LogP contribution in [-0.4, -0.2) is 60.6 Å². The van der Waals surface area contributed by atoms with Crippen LogP contribution < -0.4 is 0 Å². The van der Waals surface area contributed by atoms with Crippen LogP contribution in [0.1, 0.15) is 44.9 Å². The van der Waals surface area contributed by atoms with E-state index in [0.717, 1.165) is 39.0 Å². The van der Waals surface area contributed by atoms with Gasteiger partial charge in [0.05, 0.1) is 6.04 Å². The molecule has 0 aromatic rings. The summed E-state index contributed by atoms with van der Waals surface area (Å²) >= 11 is 0. The van der Waals surface area contributed by atoms with Gasteiger partial charge in [0.15, 0.2) is 0 Å². The molecule has 2 heterocycles. The van der Waals surface area contributed by atoms with Crippen molar-refractivity contribution in [2.24, 2.45) is 0 Å². The van der Waals surface area contributed by atoms with Crippen molar-refractivity contribution in [1.82, 2.24) is 9.80 Å². The first kappa shape index (κ1) is 13.4. The van der Waals surface area contributed by atoms with Gasteiger partial charge in [-0.25, -0.2) is 0 Å². The second kappa shape index (κ2) is 5.80. The van der Waals surface area contributed by atoms with Crippen LogP contribution in [0, 0.1) is 0 Å². The van der Waals surface area contributed by atoms with E-state index in [-0.39, 0.29) is 6.04 Å². The minimum Gasteiger partial charge on any atom is -0.381 e. The van der Waals surface area contributed by atoms with Crippen molar-refractivity contribution in [2.45, 2.75) is 63.1 Å². The fourth-order valence-electron chi connectivity index (χ4n) is 3.70. The molecule has 1 saturated carbocycles. The van der Waals surface area contributed by atoms with Gasteiger partial charge in [0.2, 0.25) is 5.91 Å². The molecule has 4 heteroatoms. The number of rotatable bonds is 3. The monoisotopic (exact) mass is 266 g/mol. The fourth-order valence-corrected chi connectivity index (χ4v) is 3.70. The Hall–Kier alpha value is -0.610. The van der Waals surface area contributed by atoms with Gasteiger partial charge < -0.3 is 9.64 Å². The largest absolute Gasteiger partial charge is 0.381 e. The SMILES string of the molecule is CN(C(=O)C1CCCN1C1CCOCC1)C1CCC1. The summed E-state index contributed by atoms with van der Waals surface area (Å²) in [6.45, 7) is 2.82. The van der Waals surface area contributed by atoms with E-state index in [1.165, 1.54) is 25.7 Å². The van der Waals surface area contributed by atoms with Crippen LogP contribution in [0.2, 0.25) is 0 Å². The van der Waals surface area contributed by atoms with Gasteiger partial charge in [-0.05, 0) is 51.5 Å². The molecule has 3 aliphatic rings. The third kappa shape index (κ3) is 2.65. The maximum absolute atomic E-state index is 12.7. The summed E-state index contributed by atoms with van der Waals surface area (Å²) in [6, 6.07) is 1.23. The number of carbonyl (C=O) groups is 1. The summed E-state index contributed by atoms with van der Waals surface area (Å²) in [6.07, 6.45) is 8.10. The first-order valence-electron chi connectivity index (χ1n) is 7.87. The van der Waals surface area contributed by atoms with Crippen molar-refractivity contribution in [3.63, 3.8) is 0 Å². The Bertz CT molecular complexity index is 324. The maximum Gasteiger partial charge on any atom is 0.239 e. The summed E-state index contributed by atoms with van der Waals surface area (Å²) in [5, 5.41) is 0. The number of likely N-dealkylation sites (tertiary alicyclic amines) is 1. The Morgan fingerprint density at radius 3 is 2.47 bits per heavy atom. The average Bonchev–Trinajstić information content (AvgIpc) is 2.86. The summed E-state index contributed by atoms with van der Waals surface area (Å²) in [4.78, 5) is 17.2. The lowest BCUT2D eigenvalue weighted by atomic mass is 9.91. The zero-order valence-electron chi connectivity index (χ0n) is 12.0. The van der Waals surface area contributed by atoms with Gasteiger partial charge in [-0.2, -0.15) is 0 Å². The van der Waals surface area contributed by atoms with E-state index < -0.39 is 0 Å². The molecule has 1 amide bonds. The van der Waals surface area contributed by atoms with Crippen molar-refractivity contribution >= 4 is 5.91 Å². The van der Waals surface area contributed by atoms with Crippen LogP contribution in [0.3, 0.4) is 0 Å². The highest BCUT2D eigenvalue weighted by Crippen LogP contribution is 2.29. The molecule has 2 aliphatic heterocycles. The second-order valence-corrected chi connectivity index (χ2v) is 6.27. The van der Waals surface area contributed by atoms with Crippen LogP contribution in [0.15, 0.2) is 0 Å². The summed E-state index contributed by atoms with van der Waals surface area (Å²) in [7, 11) is 2.01. The van der Waals surface area contributed by atoms with Crippen molar-refractivity contribution < 1.29 is 9.53 Å². The molecule has 1 aliphatic carbocycles. The van der Waals surface area contributed by atoms with Crippen LogP contribution in [0.5, 0.6) is 0 Å². The van der Waals surface area contributed by atoms with E-state index in [2.05, 4.69) is 4.90 Å². The van der Waals surface area contributed by atoms with Crippen LogP contribution in [0.4, 0.5) is 0 Å². The predicted molar refractivity (Wildman–Crippen MR) is 74.0 cm³/mol. The van der Waals surface area contributed by atoms with E-state index in [1.54, 1.807) is 0 Å². The Labute approximate surface area is 116 Å². The smallest absolute Gasteiger partial charge is 0.239 e. The quantitative estimate of drug-likeness (QED) is 0.778. The summed E-state index contributed by atoms with van der Waals surface area (Å²) in [5.74, 6) is 0.369. The number of carbonyl (C=O) groups excluding carboxylic acids is 1. The fraction of sp³-hybridized carbons (Fsp3) is 0.933. The van der Waals surface area contributed by atoms with E-state index >= 15 is 0 Å². The average molecular weight is 266 g/mol. The molecule has 0 bridgehead atoms. The predicted octanol–water partition coefficient (Wildman–Crippen LogP) is 1.64. The van der Waals surface area contributed by atoms with E-state index in [1.807, 2.05) is 11.9 Å². The molecule has 19 heavy (non-hydrogen) atoms. The number of nitrogens with zero attached hydrogens (tertiary/aromatic N) is 2. The van der Waals surface area contributed by atoms with Gasteiger partial charge in [0.1, 0.15) is 0 Å². The molecule has 108 valence electrons. The van der Waals surface area contributed by atoms with Crippen molar-refractivity contribution in [3.05, 3.63) is 0 Å². The molecule has 0 spiro atoms. The Morgan fingerprint density at radius 1 is 1.11 bits per heavy atom. The molecule has 1 unspecified atom stereocenters. The van der Waals surface area contributed by atoms with Gasteiger partial charge in [0, 0.05) is 32.3 Å². The summed E-state index contributed by atoms with van der Waals surface area (Å²) in [5.41, 5.74) is 0. The first-order chi connectivity index (χ1) is 9.27. The van der Waals surface area contributed by atoms with Gasteiger partial charge in [-0.15, -0.1) is 0 Å². The minimum atomic E-state index is 0.147. The number of hydrogen-bond donors (Lipinski definition) is 0. The molecule has 0 N–H and O–H groups in total. The normalized spacial score (nSPS) is 30.3. The molecule has 3 rings (SSSR count). The Kier molecular flexibility index (Phi) is 4.08. The number of likely N-dealkylation sites (N-methyl/N-ethyl adjacent to an activating group) is 1. The molecule has 3 fully saturated rings. The molecule has 4 nitrogen and oxygen atoms in total. The number of amides is 1. The van der Waals surface area contributed by atoms with Gasteiger partial charge in [-0.1, -0.05) is 0 Å². The zero-order chi connectivity index (χ0) is 13.2. The maximum atomic E-state index is 12.7. The standard InChI is InChI=1S/C15H26N2O2/c1-16(12-4-2-5-12)15(18)14-6-3-9-17(14)13-7-10-19-11-8-13/h12-14H,2-11H2,1H3. The van der Waals surface area contributed by atoms with Crippen molar-refractivity contribution in [1.29, 1.82) is 0 Å². The highest BCUT2D eigenvalue weighted by molar-refractivity contribution is 5.82. The third-order valence-electron chi connectivity index (χ3n) is 5.21. The lowest BCUT2D eigenvalue weighted by molar-refractivity contribution is -0.139. The molecular formula is C15H26N2O2. The Morgan fingerprint density at radius 2 is 1.84 bits per heavy atom. The molecule has 0 aromatic carbocycles. The molecule has 1 atom stereocenters. The van der Waals surface area contributed by atoms with Crippen LogP contribution in [0.25, 0.3) is 0 Å². The van der Waals surface area contributed by atoms with Crippen LogP contribution >= 0.6 is 0 Å². The van der Waals surface area contributed by atoms with Crippen molar-refractivity contribution in [3.8, 4) is 0 Å². The van der Waals surface area contributed by atoms with Gasteiger partial charge in [0.25, 0.3) is 0 Å². The molecular weight excluding hydrogens is 240 g/mol. The van der Waals surface area contributed by atoms with E-state index in [4.69, 9.17) is 4.74 Å². The zero-order valence-corrected chi connectivity index (χ0v) is 12.0. The molecule has 0 aromatic heterocycles. The Balaban J connectivity index is 1.62. The van der Waals surface area contributed by atoms with E-state index in [0.29, 0.717) is 18.0 Å². The van der Waals surface area contributed by atoms with Crippen LogP contribution in [-0.2, 0) is 9.53 Å².